The Morgan fingerprint density at radius 3 is 2.46 bits per heavy atom. The molecule has 0 spiro atoms. The average molecular weight is 386 g/mol. The molecule has 0 bridgehead atoms. The molecule has 0 fully saturated rings. The minimum Gasteiger partial charge on any atom is -0.318 e. The molecule has 1 aromatic heterocycles. The second kappa shape index (κ2) is 7.77. The van der Waals surface area contributed by atoms with E-state index in [0.29, 0.717) is 15.6 Å². The number of hydrogen-bond donors (Lipinski definition) is 1. The number of nitrogens with one attached hydrogen (secondary N) is 1. The molecule has 1 amide bonds. The fourth-order valence-electron chi connectivity index (χ4n) is 2.76. The molecule has 0 aliphatic carbocycles. The summed E-state index contributed by atoms with van der Waals surface area (Å²) < 4.78 is 2.09. The van der Waals surface area contributed by atoms with Gasteiger partial charge in [0.2, 0.25) is 0 Å². The van der Waals surface area contributed by atoms with Gasteiger partial charge in [-0.2, -0.15) is 5.10 Å². The third-order valence-corrected chi connectivity index (χ3v) is 4.50. The lowest BCUT2D eigenvalue weighted by Crippen LogP contribution is -2.17. The Bertz CT molecular complexity index is 975. The normalized spacial score (nSPS) is 11.1. The Labute approximate surface area is 162 Å². The van der Waals surface area contributed by atoms with Gasteiger partial charge in [0.25, 0.3) is 5.91 Å². The van der Waals surface area contributed by atoms with E-state index in [1.807, 2.05) is 44.2 Å². The third-order valence-electron chi connectivity index (χ3n) is 4.01. The van der Waals surface area contributed by atoms with Crippen molar-refractivity contribution >= 4 is 35.3 Å². The zero-order chi connectivity index (χ0) is 18.7. The highest BCUT2D eigenvalue weighted by Crippen LogP contribution is 2.22. The van der Waals surface area contributed by atoms with Crippen LogP contribution in [0.3, 0.4) is 0 Å². The van der Waals surface area contributed by atoms with Gasteiger partial charge in [0.05, 0.1) is 6.21 Å². The smallest absolute Gasteiger partial charge is 0.271 e. The predicted molar refractivity (Wildman–Crippen MR) is 107 cm³/mol. The van der Waals surface area contributed by atoms with Gasteiger partial charge < -0.3 is 4.57 Å². The molecular formula is C20H17Cl2N3O. The van der Waals surface area contributed by atoms with Crippen LogP contribution in [0.5, 0.6) is 0 Å². The maximum Gasteiger partial charge on any atom is 0.271 e. The molecule has 3 aromatic rings. The molecule has 0 saturated carbocycles. The van der Waals surface area contributed by atoms with E-state index >= 15 is 0 Å². The SMILES string of the molecule is Cc1cc(/C=N\NC(=O)c2ccc(Cl)cc2)c(C)n1-c1cccc(Cl)c1. The highest BCUT2D eigenvalue weighted by Gasteiger charge is 2.10. The Balaban J connectivity index is 1.78. The summed E-state index contributed by atoms with van der Waals surface area (Å²) in [7, 11) is 0. The van der Waals surface area contributed by atoms with Crippen LogP contribution >= 0.6 is 23.2 Å². The molecule has 0 unspecified atom stereocenters. The standard InChI is InChI=1S/C20H17Cl2N3O/c1-13-10-16(14(2)25(13)19-5-3-4-18(22)11-19)12-23-24-20(26)15-6-8-17(21)9-7-15/h3-12H,1-2H3,(H,24,26)/b23-12-. The van der Waals surface area contributed by atoms with Gasteiger partial charge >= 0.3 is 0 Å². The van der Waals surface area contributed by atoms with Crippen LogP contribution in [-0.2, 0) is 0 Å². The number of halogens is 2. The summed E-state index contributed by atoms with van der Waals surface area (Å²) in [5.41, 5.74) is 6.98. The molecule has 1 heterocycles. The lowest BCUT2D eigenvalue weighted by Gasteiger charge is -2.09. The first-order valence-electron chi connectivity index (χ1n) is 7.99. The Kier molecular flexibility index (Phi) is 5.45. The predicted octanol–water partition coefficient (Wildman–Crippen LogP) is 5.16. The summed E-state index contributed by atoms with van der Waals surface area (Å²) in [6.07, 6.45) is 1.64. The van der Waals surface area contributed by atoms with Crippen molar-refractivity contribution in [2.24, 2.45) is 5.10 Å². The lowest BCUT2D eigenvalue weighted by atomic mass is 10.2. The van der Waals surface area contributed by atoms with Crippen LogP contribution in [0.4, 0.5) is 0 Å². The minimum atomic E-state index is -0.290. The van der Waals surface area contributed by atoms with Crippen molar-refractivity contribution in [3.05, 3.63) is 87.2 Å². The van der Waals surface area contributed by atoms with Crippen molar-refractivity contribution < 1.29 is 4.79 Å². The van der Waals surface area contributed by atoms with Crippen LogP contribution in [0.1, 0.15) is 27.3 Å². The molecule has 0 aliphatic heterocycles. The van der Waals surface area contributed by atoms with Crippen LogP contribution in [0.15, 0.2) is 59.7 Å². The second-order valence-electron chi connectivity index (χ2n) is 5.85. The fraction of sp³-hybridized carbons (Fsp3) is 0.100. The van der Waals surface area contributed by atoms with Crippen LogP contribution < -0.4 is 5.43 Å². The molecule has 0 aliphatic rings. The quantitative estimate of drug-likeness (QED) is 0.488. The van der Waals surface area contributed by atoms with E-state index in [0.717, 1.165) is 22.6 Å². The second-order valence-corrected chi connectivity index (χ2v) is 6.72. The number of rotatable bonds is 4. The molecule has 6 heteroatoms. The van der Waals surface area contributed by atoms with Gasteiger partial charge in [-0.05, 0) is 62.4 Å². The lowest BCUT2D eigenvalue weighted by molar-refractivity contribution is 0.0955. The van der Waals surface area contributed by atoms with E-state index in [1.165, 1.54) is 0 Å². The maximum absolute atomic E-state index is 12.1. The maximum atomic E-state index is 12.1. The molecule has 1 N–H and O–H groups in total. The highest BCUT2D eigenvalue weighted by molar-refractivity contribution is 6.31. The van der Waals surface area contributed by atoms with Gasteiger partial charge in [-0.1, -0.05) is 29.3 Å². The summed E-state index contributed by atoms with van der Waals surface area (Å²) in [6, 6.07) is 16.3. The summed E-state index contributed by atoms with van der Waals surface area (Å²) in [6.45, 7) is 4.01. The molecule has 132 valence electrons. The van der Waals surface area contributed by atoms with Crippen molar-refractivity contribution in [2.75, 3.05) is 0 Å². The van der Waals surface area contributed by atoms with E-state index < -0.39 is 0 Å². The van der Waals surface area contributed by atoms with E-state index in [-0.39, 0.29) is 5.91 Å². The van der Waals surface area contributed by atoms with E-state index in [1.54, 1.807) is 30.5 Å². The fourth-order valence-corrected chi connectivity index (χ4v) is 3.07. The zero-order valence-corrected chi connectivity index (χ0v) is 15.8. The van der Waals surface area contributed by atoms with Crippen molar-refractivity contribution in [3.8, 4) is 5.69 Å². The minimum absolute atomic E-state index is 0.290. The number of amides is 1. The molecule has 4 nitrogen and oxygen atoms in total. The Hall–Kier alpha value is -2.56. The third kappa shape index (κ3) is 3.98. The Morgan fingerprint density at radius 1 is 1.04 bits per heavy atom. The first-order valence-corrected chi connectivity index (χ1v) is 8.75. The summed E-state index contributed by atoms with van der Waals surface area (Å²) >= 11 is 11.9. The van der Waals surface area contributed by atoms with Crippen LogP contribution in [0.25, 0.3) is 5.69 Å². The Morgan fingerprint density at radius 2 is 1.77 bits per heavy atom. The van der Waals surface area contributed by atoms with Crippen molar-refractivity contribution in [3.63, 3.8) is 0 Å². The van der Waals surface area contributed by atoms with Crippen molar-refractivity contribution in [1.82, 2.24) is 9.99 Å². The van der Waals surface area contributed by atoms with Gasteiger partial charge in [-0.15, -0.1) is 0 Å². The van der Waals surface area contributed by atoms with E-state index in [4.69, 9.17) is 23.2 Å². The summed E-state index contributed by atoms with van der Waals surface area (Å²) in [5, 5.41) is 5.33. The molecule has 0 atom stereocenters. The number of aromatic nitrogens is 1. The topological polar surface area (TPSA) is 46.4 Å². The van der Waals surface area contributed by atoms with Crippen LogP contribution in [-0.4, -0.2) is 16.7 Å². The van der Waals surface area contributed by atoms with Crippen molar-refractivity contribution in [1.29, 1.82) is 0 Å². The molecule has 3 rings (SSSR count). The van der Waals surface area contributed by atoms with Crippen LogP contribution in [0.2, 0.25) is 10.0 Å². The molecule has 0 saturated heterocycles. The number of nitrogens with zero attached hydrogens (tertiary/aromatic N) is 2. The van der Waals surface area contributed by atoms with Crippen LogP contribution in [0, 0.1) is 13.8 Å². The number of carbonyl (C=O) groups excluding carboxylic acids is 1. The first-order chi connectivity index (χ1) is 12.5. The van der Waals surface area contributed by atoms with Gasteiger partial charge in [-0.25, -0.2) is 5.43 Å². The van der Waals surface area contributed by atoms with Gasteiger partial charge in [0, 0.05) is 38.2 Å². The molecule has 0 radical (unpaired) electrons. The largest absolute Gasteiger partial charge is 0.318 e. The zero-order valence-electron chi connectivity index (χ0n) is 14.3. The monoisotopic (exact) mass is 385 g/mol. The van der Waals surface area contributed by atoms with E-state index in [2.05, 4.69) is 15.1 Å². The number of carbonyl (C=O) groups is 1. The van der Waals surface area contributed by atoms with E-state index in [9.17, 15) is 4.79 Å². The number of benzene rings is 2. The number of hydrogen-bond acceptors (Lipinski definition) is 2. The summed E-state index contributed by atoms with van der Waals surface area (Å²) in [5.74, 6) is -0.290. The summed E-state index contributed by atoms with van der Waals surface area (Å²) in [4.78, 5) is 12.1. The van der Waals surface area contributed by atoms with Gasteiger partial charge in [0.1, 0.15) is 0 Å². The number of aryl methyl sites for hydroxylation is 1. The average Bonchev–Trinajstić information content (AvgIpc) is 2.89. The van der Waals surface area contributed by atoms with Crippen molar-refractivity contribution in [2.45, 2.75) is 13.8 Å². The van der Waals surface area contributed by atoms with Gasteiger partial charge in [-0.3, -0.25) is 4.79 Å². The highest BCUT2D eigenvalue weighted by atomic mass is 35.5. The molecule has 26 heavy (non-hydrogen) atoms. The molecule has 2 aromatic carbocycles. The molecular weight excluding hydrogens is 369 g/mol. The number of hydrazone groups is 1. The first kappa shape index (κ1) is 18.2. The van der Waals surface area contributed by atoms with Gasteiger partial charge in [0.15, 0.2) is 0 Å².